The van der Waals surface area contributed by atoms with Gasteiger partial charge in [-0.05, 0) is 22.0 Å². The lowest BCUT2D eigenvalue weighted by Crippen LogP contribution is -1.94. The van der Waals surface area contributed by atoms with Gasteiger partial charge < -0.3 is 4.74 Å². The van der Waals surface area contributed by atoms with E-state index in [1.54, 1.807) is 0 Å². The van der Waals surface area contributed by atoms with E-state index in [0.29, 0.717) is 16.3 Å². The van der Waals surface area contributed by atoms with Crippen LogP contribution in [-0.4, -0.2) is 16.3 Å². The highest BCUT2D eigenvalue weighted by Gasteiger charge is 2.10. The fourth-order valence-corrected chi connectivity index (χ4v) is 1.84. The number of halogens is 3. The molecule has 0 aliphatic rings. The van der Waals surface area contributed by atoms with Gasteiger partial charge in [0.25, 0.3) is 0 Å². The van der Waals surface area contributed by atoms with E-state index >= 15 is 0 Å². The van der Waals surface area contributed by atoms with Gasteiger partial charge in [-0.1, -0.05) is 11.6 Å². The van der Waals surface area contributed by atoms with Crippen molar-refractivity contribution in [2.45, 2.75) is 0 Å². The number of hydrogen-bond acceptors (Lipinski definition) is 4. The molecule has 0 fully saturated rings. The molecule has 18 heavy (non-hydrogen) atoms. The Morgan fingerprint density at radius 3 is 2.61 bits per heavy atom. The summed E-state index contributed by atoms with van der Waals surface area (Å²) >= 11 is 8.78. The Morgan fingerprint density at radius 1 is 1.33 bits per heavy atom. The second-order valence-electron chi connectivity index (χ2n) is 3.22. The molecule has 0 saturated heterocycles. The zero-order valence-corrected chi connectivity index (χ0v) is 11.1. The molecule has 92 valence electrons. The van der Waals surface area contributed by atoms with Crippen LogP contribution >= 0.6 is 27.5 Å². The Balaban J connectivity index is 2.27. The van der Waals surface area contributed by atoms with Gasteiger partial charge >= 0.3 is 6.01 Å². The summed E-state index contributed by atoms with van der Waals surface area (Å²) < 4.78 is 19.0. The molecule has 1 aromatic carbocycles. The van der Waals surface area contributed by atoms with E-state index in [4.69, 9.17) is 16.3 Å². The van der Waals surface area contributed by atoms with Crippen molar-refractivity contribution in [1.29, 1.82) is 0 Å². The summed E-state index contributed by atoms with van der Waals surface area (Å²) in [6.45, 7) is 0. The van der Waals surface area contributed by atoms with E-state index < -0.39 is 5.82 Å². The summed E-state index contributed by atoms with van der Waals surface area (Å²) in [5.74, 6) is -0.421. The van der Waals surface area contributed by atoms with Crippen molar-refractivity contribution >= 4 is 33.8 Å². The molecule has 4 nitrogen and oxygen atoms in total. The topological polar surface area (TPSA) is 52.1 Å². The molecule has 1 aromatic heterocycles. The Labute approximate surface area is 115 Å². The molecule has 0 radical (unpaired) electrons. The minimum atomic E-state index is -0.612. The third-order valence-electron chi connectivity index (χ3n) is 1.96. The average molecular weight is 332 g/mol. The van der Waals surface area contributed by atoms with E-state index in [0.717, 1.165) is 6.07 Å². The minimum Gasteiger partial charge on any atom is -0.423 e. The highest BCUT2D eigenvalue weighted by atomic mass is 79.9. The molecule has 0 aliphatic heterocycles. The first kappa shape index (κ1) is 12.9. The molecule has 0 spiro atoms. The lowest BCUT2D eigenvalue weighted by Gasteiger charge is -2.06. The SMILES string of the molecule is O=Cc1cnc(Oc2cc(F)c(Cl)cc2Br)nc1. The monoisotopic (exact) mass is 330 g/mol. The Morgan fingerprint density at radius 2 is 2.00 bits per heavy atom. The van der Waals surface area contributed by atoms with Gasteiger partial charge in [-0.25, -0.2) is 14.4 Å². The molecule has 2 rings (SSSR count). The third kappa shape index (κ3) is 2.83. The maximum absolute atomic E-state index is 13.3. The van der Waals surface area contributed by atoms with Crippen LogP contribution in [0.3, 0.4) is 0 Å². The number of carbonyl (C=O) groups excluding carboxylic acids is 1. The van der Waals surface area contributed by atoms with Crippen molar-refractivity contribution in [3.05, 3.63) is 45.4 Å². The maximum Gasteiger partial charge on any atom is 0.321 e. The first-order valence-electron chi connectivity index (χ1n) is 4.70. The van der Waals surface area contributed by atoms with Gasteiger partial charge in [0, 0.05) is 18.5 Å². The van der Waals surface area contributed by atoms with Crippen molar-refractivity contribution in [3.8, 4) is 11.8 Å². The number of aromatic nitrogens is 2. The fraction of sp³-hybridized carbons (Fsp3) is 0. The highest BCUT2D eigenvalue weighted by molar-refractivity contribution is 9.10. The molecule has 0 saturated carbocycles. The molecule has 0 bridgehead atoms. The van der Waals surface area contributed by atoms with Crippen LogP contribution < -0.4 is 4.74 Å². The Kier molecular flexibility index (Phi) is 3.88. The van der Waals surface area contributed by atoms with Crippen LogP contribution in [0, 0.1) is 5.82 Å². The number of nitrogens with zero attached hydrogens (tertiary/aromatic N) is 2. The predicted octanol–water partition coefficient (Wildman–Crippen LogP) is 3.64. The molecular formula is C11H5BrClFN2O2. The van der Waals surface area contributed by atoms with Gasteiger partial charge in [0.15, 0.2) is 6.29 Å². The van der Waals surface area contributed by atoms with Crippen LogP contribution in [0.15, 0.2) is 29.0 Å². The predicted molar refractivity (Wildman–Crippen MR) is 66.6 cm³/mol. The number of benzene rings is 1. The number of hydrogen-bond donors (Lipinski definition) is 0. The van der Waals surface area contributed by atoms with Gasteiger partial charge in [-0.15, -0.1) is 0 Å². The van der Waals surface area contributed by atoms with Crippen LogP contribution in [-0.2, 0) is 0 Å². The van der Waals surface area contributed by atoms with E-state index in [1.165, 1.54) is 18.5 Å². The van der Waals surface area contributed by atoms with Gasteiger partial charge in [-0.2, -0.15) is 0 Å². The van der Waals surface area contributed by atoms with Crippen molar-refractivity contribution in [1.82, 2.24) is 9.97 Å². The standard InChI is InChI=1S/C11H5BrClFN2O2/c12-7-1-8(13)9(14)2-10(7)18-11-15-3-6(5-17)4-16-11/h1-5H. The fourth-order valence-electron chi connectivity index (χ4n) is 1.12. The summed E-state index contributed by atoms with van der Waals surface area (Å²) in [7, 11) is 0. The van der Waals surface area contributed by atoms with Crippen molar-refractivity contribution in [3.63, 3.8) is 0 Å². The van der Waals surface area contributed by atoms with Gasteiger partial charge in [0.2, 0.25) is 0 Å². The Hall–Kier alpha value is -1.53. The van der Waals surface area contributed by atoms with Crippen molar-refractivity contribution in [2.75, 3.05) is 0 Å². The molecule has 0 atom stereocenters. The summed E-state index contributed by atoms with van der Waals surface area (Å²) in [5, 5.41) is -0.0218. The van der Waals surface area contributed by atoms with Crippen LogP contribution in [0.1, 0.15) is 10.4 Å². The zero-order chi connectivity index (χ0) is 13.1. The van der Waals surface area contributed by atoms with Crippen LogP contribution in [0.4, 0.5) is 4.39 Å². The zero-order valence-electron chi connectivity index (χ0n) is 8.73. The minimum absolute atomic E-state index is 0.00280. The van der Waals surface area contributed by atoms with Crippen LogP contribution in [0.25, 0.3) is 0 Å². The van der Waals surface area contributed by atoms with Crippen LogP contribution in [0.5, 0.6) is 11.8 Å². The van der Waals surface area contributed by atoms with E-state index in [1.807, 2.05) is 0 Å². The van der Waals surface area contributed by atoms with Gasteiger partial charge in [0.1, 0.15) is 11.6 Å². The quantitative estimate of drug-likeness (QED) is 0.636. The third-order valence-corrected chi connectivity index (χ3v) is 2.87. The normalized spacial score (nSPS) is 10.2. The molecule has 0 amide bonds. The smallest absolute Gasteiger partial charge is 0.321 e. The summed E-state index contributed by atoms with van der Waals surface area (Å²) in [6.07, 6.45) is 3.21. The largest absolute Gasteiger partial charge is 0.423 e. The number of rotatable bonds is 3. The molecule has 1 heterocycles. The van der Waals surface area contributed by atoms with Crippen molar-refractivity contribution in [2.24, 2.45) is 0 Å². The maximum atomic E-state index is 13.3. The van der Waals surface area contributed by atoms with Gasteiger partial charge in [0.05, 0.1) is 15.1 Å². The first-order valence-corrected chi connectivity index (χ1v) is 5.87. The van der Waals surface area contributed by atoms with Crippen molar-refractivity contribution < 1.29 is 13.9 Å². The lowest BCUT2D eigenvalue weighted by atomic mass is 10.3. The second kappa shape index (κ2) is 5.41. The first-order chi connectivity index (χ1) is 8.60. The van der Waals surface area contributed by atoms with Gasteiger partial charge in [-0.3, -0.25) is 4.79 Å². The van der Waals surface area contributed by atoms with Crippen LogP contribution in [0.2, 0.25) is 5.02 Å². The van der Waals surface area contributed by atoms with E-state index in [2.05, 4.69) is 25.9 Å². The molecule has 0 aliphatic carbocycles. The Bertz CT molecular complexity index is 592. The summed E-state index contributed by atoms with van der Waals surface area (Å²) in [5.41, 5.74) is 0.323. The lowest BCUT2D eigenvalue weighted by molar-refractivity contribution is 0.112. The molecule has 7 heteroatoms. The van der Waals surface area contributed by atoms with E-state index in [9.17, 15) is 9.18 Å². The number of ether oxygens (including phenoxy) is 1. The molecule has 0 N–H and O–H groups in total. The molecular weight excluding hydrogens is 326 g/mol. The number of carbonyl (C=O) groups is 1. The highest BCUT2D eigenvalue weighted by Crippen LogP contribution is 2.32. The second-order valence-corrected chi connectivity index (χ2v) is 4.48. The average Bonchev–Trinajstić information content (AvgIpc) is 2.37. The molecule has 2 aromatic rings. The molecule has 0 unspecified atom stereocenters. The summed E-state index contributed by atoms with van der Waals surface area (Å²) in [4.78, 5) is 18.0. The summed E-state index contributed by atoms with van der Waals surface area (Å²) in [6, 6.07) is 2.48. The van der Waals surface area contributed by atoms with E-state index in [-0.39, 0.29) is 16.8 Å². The number of aldehydes is 1.